The van der Waals surface area contributed by atoms with Crippen LogP contribution in [0.1, 0.15) is 103 Å². The third kappa shape index (κ3) is 19.2. The van der Waals surface area contributed by atoms with Gasteiger partial charge in [-0.3, -0.25) is 62.6 Å². The first-order valence-corrected chi connectivity index (χ1v) is 21.2. The van der Waals surface area contributed by atoms with Crippen LogP contribution in [0.15, 0.2) is 0 Å². The Hall–Kier alpha value is -5.42. The summed E-state index contributed by atoms with van der Waals surface area (Å²) >= 11 is 0. The highest BCUT2D eigenvalue weighted by molar-refractivity contribution is 5.96. The van der Waals surface area contributed by atoms with Gasteiger partial charge in [0.2, 0.25) is 17.7 Å². The highest BCUT2D eigenvalue weighted by Crippen LogP contribution is 2.59. The number of nitrogens with one attached hydrogen (secondary N) is 3. The minimum Gasteiger partial charge on any atom is -0.481 e. The average Bonchev–Trinajstić information content (AvgIpc) is 3.18. The average molecular weight is 901 g/mol. The largest absolute Gasteiger partial charge is 0.481 e. The molecule has 0 spiro atoms. The smallest absolute Gasteiger partial charge is 0.320 e. The van der Waals surface area contributed by atoms with Gasteiger partial charge in [-0.05, 0) is 69.6 Å². The lowest BCUT2D eigenvalue weighted by Crippen LogP contribution is -2.58. The fraction of sp³-hybridized carbons (Fsp3) is 0.750. The van der Waals surface area contributed by atoms with Crippen LogP contribution in [0.2, 0.25) is 0 Å². The van der Waals surface area contributed by atoms with Crippen molar-refractivity contribution in [3.05, 3.63) is 0 Å². The van der Waals surface area contributed by atoms with Gasteiger partial charge in [0, 0.05) is 38.1 Å². The Morgan fingerprint density at radius 3 is 1.52 bits per heavy atom. The number of carbonyl (C=O) groups excluding carboxylic acids is 3. The number of rotatable bonds is 34. The zero-order chi connectivity index (χ0) is 47.3. The maximum atomic E-state index is 13.6. The van der Waals surface area contributed by atoms with Crippen LogP contribution in [0.5, 0.6) is 0 Å². The lowest BCUT2D eigenvalue weighted by Gasteiger charge is -2.53. The number of hydrogen-bond donors (Lipinski definition) is 10. The summed E-state index contributed by atoms with van der Waals surface area (Å²) in [5.41, 5.74) is -0.576. The molecule has 2 bridgehead atoms. The Morgan fingerprint density at radius 2 is 1.03 bits per heavy atom. The molecule has 3 unspecified atom stereocenters. The van der Waals surface area contributed by atoms with E-state index < -0.39 is 122 Å². The Labute approximate surface area is 364 Å². The first-order valence-electron chi connectivity index (χ1n) is 21.2. The number of nitrogens with zero attached hydrogens (tertiary/aromatic N) is 3. The Kier molecular flexibility index (Phi) is 22.4. The molecule has 10 N–H and O–H groups in total. The summed E-state index contributed by atoms with van der Waals surface area (Å²) in [5.74, 6) is -12.1. The number of unbranched alkanes of at least 4 members (excludes halogenated alkanes) is 3. The zero-order valence-electron chi connectivity index (χ0n) is 35.8. The number of hydrogen-bond acceptors (Lipinski definition) is 13. The highest BCUT2D eigenvalue weighted by atomic mass is 16.4. The van der Waals surface area contributed by atoms with Gasteiger partial charge in [-0.15, -0.1) is 0 Å². The van der Waals surface area contributed by atoms with Crippen molar-refractivity contribution in [3.8, 4) is 0 Å². The molecular weight excluding hydrogens is 836 g/mol. The van der Waals surface area contributed by atoms with E-state index in [0.717, 1.165) is 54.7 Å². The van der Waals surface area contributed by atoms with Gasteiger partial charge in [-0.25, -0.2) is 0 Å². The fourth-order valence-corrected chi connectivity index (χ4v) is 8.47. The summed E-state index contributed by atoms with van der Waals surface area (Å²) in [5, 5.41) is 73.5. The Balaban J connectivity index is 2.03. The Morgan fingerprint density at radius 1 is 0.540 bits per heavy atom. The van der Waals surface area contributed by atoms with E-state index in [4.69, 9.17) is 10.2 Å². The van der Waals surface area contributed by atoms with Crippen LogP contribution in [0.3, 0.4) is 0 Å². The number of fused-ring (bicyclic) bond motifs is 3. The number of amides is 3. The summed E-state index contributed by atoms with van der Waals surface area (Å²) in [6.45, 7) is -1.48. The van der Waals surface area contributed by atoms with Crippen molar-refractivity contribution in [2.24, 2.45) is 10.8 Å². The van der Waals surface area contributed by atoms with Crippen LogP contribution in [-0.4, -0.2) is 187 Å². The normalized spacial score (nSPS) is 19.5. The summed E-state index contributed by atoms with van der Waals surface area (Å²) < 4.78 is 0. The minimum absolute atomic E-state index is 0.0792. The second-order valence-corrected chi connectivity index (χ2v) is 16.7. The molecule has 3 aliphatic carbocycles. The fourth-order valence-electron chi connectivity index (χ4n) is 8.47. The summed E-state index contributed by atoms with van der Waals surface area (Å²) in [6.07, 6.45) is 7.07. The summed E-state index contributed by atoms with van der Waals surface area (Å²) in [6, 6.07) is -4.69. The van der Waals surface area contributed by atoms with E-state index in [2.05, 4.69) is 22.9 Å². The summed E-state index contributed by atoms with van der Waals surface area (Å²) in [7, 11) is 0. The SMILES string of the molecule is CCCCCC12CCC(C(=O)NC(CC(=O)O)C(=O)NC(CC(=O)O)C(=O)NCCCCC(C(=O)O)N(CCN(CCN(CC(=O)O)CC(=O)O)CC(=O)O)CC(=O)O)(CC1)CC2. The molecule has 0 aromatic rings. The van der Waals surface area contributed by atoms with Crippen LogP contribution in [0.25, 0.3) is 0 Å². The van der Waals surface area contributed by atoms with Gasteiger partial charge in [-0.2, -0.15) is 0 Å². The molecule has 0 saturated heterocycles. The number of carboxylic acid groups (broad SMARTS) is 7. The molecule has 3 amide bonds. The van der Waals surface area contributed by atoms with Gasteiger partial charge in [0.25, 0.3) is 0 Å². The van der Waals surface area contributed by atoms with E-state index in [0.29, 0.717) is 19.3 Å². The maximum Gasteiger partial charge on any atom is 0.320 e. The lowest BCUT2D eigenvalue weighted by molar-refractivity contribution is -0.148. The van der Waals surface area contributed by atoms with E-state index in [-0.39, 0.29) is 57.4 Å². The van der Waals surface area contributed by atoms with Gasteiger partial charge in [0.1, 0.15) is 18.1 Å². The molecule has 0 aromatic heterocycles. The monoisotopic (exact) mass is 900 g/mol. The van der Waals surface area contributed by atoms with E-state index in [1.54, 1.807) is 0 Å². The predicted octanol–water partition coefficient (Wildman–Crippen LogP) is -0.190. The lowest BCUT2D eigenvalue weighted by atomic mass is 9.52. The quantitative estimate of drug-likeness (QED) is 0.0374. The van der Waals surface area contributed by atoms with Crippen LogP contribution >= 0.6 is 0 Å². The van der Waals surface area contributed by atoms with Crippen molar-refractivity contribution in [1.29, 1.82) is 0 Å². The number of carboxylic acids is 7. The standard InChI is InChI=1S/C40H64N6O17/c1-2-3-5-8-39-9-12-40(13-10-39,14-11-39)38(63)43-27(21-30(49)50)36(60)42-26(20-29(47)48)35(59)41-15-6-4-7-28(37(61)62)46(25-34(57)58)19-18-44(22-31(51)52)16-17-45(23-32(53)54)24-33(55)56/h26-28H,2-25H2,1H3,(H,41,59)(H,42,60)(H,43,63)(H,47,48)(H,49,50)(H,51,52)(H,53,54)(H,55,56)(H,57,58)(H,61,62). The second-order valence-electron chi connectivity index (χ2n) is 16.7. The van der Waals surface area contributed by atoms with Crippen LogP contribution in [-0.2, 0) is 47.9 Å². The molecule has 0 heterocycles. The highest BCUT2D eigenvalue weighted by Gasteiger charge is 2.52. The van der Waals surface area contributed by atoms with Crippen molar-refractivity contribution >= 4 is 59.5 Å². The molecule has 23 nitrogen and oxygen atoms in total. The van der Waals surface area contributed by atoms with Crippen LogP contribution < -0.4 is 16.0 Å². The third-order valence-electron chi connectivity index (χ3n) is 12.0. The van der Waals surface area contributed by atoms with E-state index in [1.807, 2.05) is 0 Å². The van der Waals surface area contributed by atoms with Crippen LogP contribution in [0.4, 0.5) is 0 Å². The van der Waals surface area contributed by atoms with E-state index in [1.165, 1.54) is 4.90 Å². The summed E-state index contributed by atoms with van der Waals surface area (Å²) in [4.78, 5) is 125. The second kappa shape index (κ2) is 26.3. The first-order chi connectivity index (χ1) is 29.6. The maximum absolute atomic E-state index is 13.6. The molecule has 0 aliphatic heterocycles. The molecule has 3 fully saturated rings. The van der Waals surface area contributed by atoms with Gasteiger partial charge < -0.3 is 51.7 Å². The molecule has 3 rings (SSSR count). The molecule has 23 heteroatoms. The van der Waals surface area contributed by atoms with Gasteiger partial charge in [-0.1, -0.05) is 26.2 Å². The molecule has 3 aliphatic rings. The molecule has 0 radical (unpaired) electrons. The zero-order valence-corrected chi connectivity index (χ0v) is 35.8. The minimum atomic E-state index is -1.68. The van der Waals surface area contributed by atoms with Crippen molar-refractivity contribution in [3.63, 3.8) is 0 Å². The van der Waals surface area contributed by atoms with E-state index >= 15 is 0 Å². The van der Waals surface area contributed by atoms with Crippen molar-refractivity contribution in [2.75, 3.05) is 58.9 Å². The van der Waals surface area contributed by atoms with Crippen LogP contribution in [0, 0.1) is 10.8 Å². The van der Waals surface area contributed by atoms with E-state index in [9.17, 15) is 73.5 Å². The first kappa shape index (κ1) is 53.7. The molecule has 63 heavy (non-hydrogen) atoms. The molecule has 3 saturated carbocycles. The van der Waals surface area contributed by atoms with Gasteiger partial charge >= 0.3 is 41.8 Å². The molecule has 3 atom stereocenters. The predicted molar refractivity (Wildman–Crippen MR) is 218 cm³/mol. The van der Waals surface area contributed by atoms with Crippen molar-refractivity contribution < 1.29 is 83.7 Å². The molecule has 0 aromatic carbocycles. The third-order valence-corrected chi connectivity index (χ3v) is 12.0. The topological polar surface area (TPSA) is 358 Å². The van der Waals surface area contributed by atoms with Crippen molar-refractivity contribution in [1.82, 2.24) is 30.7 Å². The Bertz CT molecular complexity index is 1600. The molecule has 356 valence electrons. The molecular formula is C40H64N6O17. The van der Waals surface area contributed by atoms with Gasteiger partial charge in [0.15, 0.2) is 0 Å². The number of carbonyl (C=O) groups is 10. The van der Waals surface area contributed by atoms with Gasteiger partial charge in [0.05, 0.1) is 39.0 Å². The van der Waals surface area contributed by atoms with Crippen molar-refractivity contribution in [2.45, 2.75) is 121 Å². The number of aliphatic carboxylic acids is 7.